The average molecular weight is 386 g/mol. The number of carbonyl (C=O) groups is 1. The van der Waals surface area contributed by atoms with Gasteiger partial charge in [-0.25, -0.2) is 0 Å². The minimum atomic E-state index is 0.00705. The second-order valence-corrected chi connectivity index (χ2v) is 7.61. The van der Waals surface area contributed by atoms with Gasteiger partial charge in [0.1, 0.15) is 18.1 Å². The molecule has 1 aromatic heterocycles. The Hall–Kier alpha value is -3.14. The summed E-state index contributed by atoms with van der Waals surface area (Å²) < 4.78 is 6.03. The molecule has 148 valence electrons. The number of aromatic nitrogens is 1. The Morgan fingerprint density at radius 3 is 2.48 bits per heavy atom. The summed E-state index contributed by atoms with van der Waals surface area (Å²) in [5.74, 6) is 1.29. The lowest BCUT2D eigenvalue weighted by Crippen LogP contribution is -2.48. The van der Waals surface area contributed by atoms with Crippen LogP contribution in [-0.4, -0.2) is 28.9 Å². The Balaban J connectivity index is 1.34. The predicted molar refractivity (Wildman–Crippen MR) is 114 cm³/mol. The van der Waals surface area contributed by atoms with Crippen LogP contribution in [0.4, 0.5) is 0 Å². The van der Waals surface area contributed by atoms with E-state index < -0.39 is 0 Å². The van der Waals surface area contributed by atoms with Crippen molar-refractivity contribution in [1.82, 2.24) is 9.88 Å². The SMILES string of the molecule is CCc1ccc(COc2ccc(C3CN(C(=O)c4ccccn4)C3)cc2C)cc1. The Morgan fingerprint density at radius 1 is 1.07 bits per heavy atom. The first kappa shape index (κ1) is 19.2. The molecule has 0 spiro atoms. The molecule has 3 aromatic rings. The maximum atomic E-state index is 12.4. The molecule has 1 aliphatic rings. The highest BCUT2D eigenvalue weighted by Gasteiger charge is 2.32. The third-order valence-electron chi connectivity index (χ3n) is 5.55. The number of likely N-dealkylation sites (tertiary alicyclic amines) is 1. The van der Waals surface area contributed by atoms with Crippen LogP contribution in [0.3, 0.4) is 0 Å². The van der Waals surface area contributed by atoms with E-state index in [4.69, 9.17) is 4.74 Å². The van der Waals surface area contributed by atoms with Gasteiger partial charge >= 0.3 is 0 Å². The molecule has 2 aromatic carbocycles. The Morgan fingerprint density at radius 2 is 1.83 bits per heavy atom. The van der Waals surface area contributed by atoms with Crippen LogP contribution in [0.5, 0.6) is 5.75 Å². The molecule has 0 radical (unpaired) electrons. The van der Waals surface area contributed by atoms with Crippen molar-refractivity contribution in [2.45, 2.75) is 32.8 Å². The summed E-state index contributed by atoms with van der Waals surface area (Å²) in [5, 5.41) is 0. The van der Waals surface area contributed by atoms with E-state index in [2.05, 4.69) is 55.2 Å². The zero-order valence-electron chi connectivity index (χ0n) is 17.0. The van der Waals surface area contributed by atoms with Crippen LogP contribution in [0.25, 0.3) is 0 Å². The molecule has 2 heterocycles. The van der Waals surface area contributed by atoms with E-state index in [1.807, 2.05) is 23.1 Å². The van der Waals surface area contributed by atoms with Crippen molar-refractivity contribution in [3.63, 3.8) is 0 Å². The van der Waals surface area contributed by atoms with Gasteiger partial charge < -0.3 is 9.64 Å². The largest absolute Gasteiger partial charge is 0.489 e. The van der Waals surface area contributed by atoms with E-state index in [9.17, 15) is 4.79 Å². The quantitative estimate of drug-likeness (QED) is 0.613. The summed E-state index contributed by atoms with van der Waals surface area (Å²) in [6.45, 7) is 6.28. The number of amides is 1. The minimum absolute atomic E-state index is 0.00705. The van der Waals surface area contributed by atoms with Crippen LogP contribution in [0, 0.1) is 6.92 Å². The molecule has 1 aliphatic heterocycles. The minimum Gasteiger partial charge on any atom is -0.489 e. The summed E-state index contributed by atoms with van der Waals surface area (Å²) >= 11 is 0. The molecule has 0 saturated carbocycles. The number of rotatable bonds is 6. The van der Waals surface area contributed by atoms with Crippen LogP contribution in [0.2, 0.25) is 0 Å². The number of aryl methyl sites for hydroxylation is 2. The molecule has 4 heteroatoms. The molecule has 0 aliphatic carbocycles. The zero-order chi connectivity index (χ0) is 20.2. The number of ether oxygens (including phenoxy) is 1. The van der Waals surface area contributed by atoms with Gasteiger partial charge in [-0.05, 0) is 53.8 Å². The fraction of sp³-hybridized carbons (Fsp3) is 0.280. The van der Waals surface area contributed by atoms with E-state index in [0.29, 0.717) is 18.2 Å². The van der Waals surface area contributed by atoms with Crippen LogP contribution in [0.1, 0.15) is 45.6 Å². The fourth-order valence-corrected chi connectivity index (χ4v) is 3.63. The second-order valence-electron chi connectivity index (χ2n) is 7.61. The van der Waals surface area contributed by atoms with Crippen molar-refractivity contribution in [2.75, 3.05) is 13.1 Å². The summed E-state index contributed by atoms with van der Waals surface area (Å²) in [5.41, 5.74) is 5.41. The number of hydrogen-bond acceptors (Lipinski definition) is 3. The lowest BCUT2D eigenvalue weighted by molar-refractivity contribution is 0.0596. The maximum Gasteiger partial charge on any atom is 0.272 e. The van der Waals surface area contributed by atoms with E-state index in [0.717, 1.165) is 30.8 Å². The van der Waals surface area contributed by atoms with Gasteiger partial charge in [-0.3, -0.25) is 9.78 Å². The van der Waals surface area contributed by atoms with Crippen molar-refractivity contribution in [2.24, 2.45) is 0 Å². The molecule has 4 nitrogen and oxygen atoms in total. The highest BCUT2D eigenvalue weighted by atomic mass is 16.5. The van der Waals surface area contributed by atoms with Crippen molar-refractivity contribution < 1.29 is 9.53 Å². The number of hydrogen-bond donors (Lipinski definition) is 0. The first-order valence-electron chi connectivity index (χ1n) is 10.2. The third kappa shape index (κ3) is 4.32. The number of benzene rings is 2. The molecule has 0 unspecified atom stereocenters. The van der Waals surface area contributed by atoms with E-state index >= 15 is 0 Å². The molecule has 0 N–H and O–H groups in total. The maximum absolute atomic E-state index is 12.4. The highest BCUT2D eigenvalue weighted by Crippen LogP contribution is 2.31. The van der Waals surface area contributed by atoms with Crippen molar-refractivity contribution >= 4 is 5.91 Å². The molecular formula is C25H26N2O2. The molecule has 0 bridgehead atoms. The standard InChI is InChI=1S/C25H26N2O2/c1-3-19-7-9-20(10-8-19)17-29-24-12-11-21(14-18(24)2)22-15-27(16-22)25(28)23-6-4-5-13-26-23/h4-14,22H,3,15-17H2,1-2H3. The van der Waals surface area contributed by atoms with Gasteiger partial charge in [0, 0.05) is 25.2 Å². The van der Waals surface area contributed by atoms with Gasteiger partial charge in [0.2, 0.25) is 0 Å². The highest BCUT2D eigenvalue weighted by molar-refractivity contribution is 5.92. The molecule has 4 rings (SSSR count). The first-order chi connectivity index (χ1) is 14.1. The summed E-state index contributed by atoms with van der Waals surface area (Å²) in [7, 11) is 0. The Bertz CT molecular complexity index is 977. The third-order valence-corrected chi connectivity index (χ3v) is 5.55. The molecule has 29 heavy (non-hydrogen) atoms. The fourth-order valence-electron chi connectivity index (χ4n) is 3.63. The Labute approximate surface area is 172 Å². The number of carbonyl (C=O) groups excluding carboxylic acids is 1. The first-order valence-corrected chi connectivity index (χ1v) is 10.2. The summed E-state index contributed by atoms with van der Waals surface area (Å²) in [4.78, 5) is 18.4. The normalized spacial score (nSPS) is 13.8. The van der Waals surface area contributed by atoms with Crippen LogP contribution >= 0.6 is 0 Å². The molecule has 0 atom stereocenters. The smallest absolute Gasteiger partial charge is 0.272 e. The van der Waals surface area contributed by atoms with Crippen molar-refractivity contribution in [3.8, 4) is 5.75 Å². The second kappa shape index (κ2) is 8.48. The predicted octanol–water partition coefficient (Wildman–Crippen LogP) is 4.77. The van der Waals surface area contributed by atoms with Gasteiger partial charge in [0.05, 0.1) is 0 Å². The number of pyridine rings is 1. The molecule has 1 amide bonds. The van der Waals surface area contributed by atoms with E-state index in [1.165, 1.54) is 16.7 Å². The van der Waals surface area contributed by atoms with Crippen molar-refractivity contribution in [3.05, 3.63) is 94.8 Å². The lowest BCUT2D eigenvalue weighted by Gasteiger charge is -2.39. The van der Waals surface area contributed by atoms with Gasteiger partial charge in [-0.1, -0.05) is 49.4 Å². The van der Waals surface area contributed by atoms with Gasteiger partial charge in [-0.15, -0.1) is 0 Å². The van der Waals surface area contributed by atoms with Crippen molar-refractivity contribution in [1.29, 1.82) is 0 Å². The molecule has 1 fully saturated rings. The van der Waals surface area contributed by atoms with Gasteiger partial charge in [-0.2, -0.15) is 0 Å². The monoisotopic (exact) mass is 386 g/mol. The lowest BCUT2D eigenvalue weighted by atomic mass is 9.90. The van der Waals surface area contributed by atoms with Crippen LogP contribution in [0.15, 0.2) is 66.9 Å². The Kier molecular flexibility index (Phi) is 5.61. The zero-order valence-corrected chi connectivity index (χ0v) is 17.0. The molecule has 1 saturated heterocycles. The summed E-state index contributed by atoms with van der Waals surface area (Å²) in [6.07, 6.45) is 2.71. The van der Waals surface area contributed by atoms with Crippen LogP contribution in [-0.2, 0) is 13.0 Å². The number of nitrogens with zero attached hydrogens (tertiary/aromatic N) is 2. The van der Waals surface area contributed by atoms with Gasteiger partial charge in [0.25, 0.3) is 5.91 Å². The van der Waals surface area contributed by atoms with Crippen LogP contribution < -0.4 is 4.74 Å². The van der Waals surface area contributed by atoms with E-state index in [-0.39, 0.29) is 5.91 Å². The average Bonchev–Trinajstić information content (AvgIpc) is 2.73. The van der Waals surface area contributed by atoms with Gasteiger partial charge in [0.15, 0.2) is 0 Å². The van der Waals surface area contributed by atoms with E-state index in [1.54, 1.807) is 12.3 Å². The summed E-state index contributed by atoms with van der Waals surface area (Å²) in [6, 6.07) is 20.4. The topological polar surface area (TPSA) is 42.4 Å². The molecular weight excluding hydrogens is 360 g/mol.